The number of hydrogen-bond acceptors (Lipinski definition) is 5. The fourth-order valence-electron chi connectivity index (χ4n) is 1.76. The number of amides is 3. The summed E-state index contributed by atoms with van der Waals surface area (Å²) in [5, 5.41) is 4.57. The van der Waals surface area contributed by atoms with E-state index in [0.29, 0.717) is 19.6 Å². The van der Waals surface area contributed by atoms with Gasteiger partial charge < -0.3 is 15.8 Å². The monoisotopic (exact) mass is 258 g/mol. The van der Waals surface area contributed by atoms with Crippen molar-refractivity contribution in [3.05, 3.63) is 0 Å². The normalized spacial score (nSPS) is 22.3. The highest BCUT2D eigenvalue weighted by molar-refractivity contribution is 5.94. The van der Waals surface area contributed by atoms with Gasteiger partial charge in [-0.1, -0.05) is 0 Å². The second-order valence-corrected chi connectivity index (χ2v) is 4.45. The van der Waals surface area contributed by atoms with E-state index >= 15 is 0 Å². The molecule has 3 amide bonds. The lowest BCUT2D eigenvalue weighted by atomic mass is 10.1. The van der Waals surface area contributed by atoms with Crippen LogP contribution in [-0.4, -0.2) is 62.3 Å². The van der Waals surface area contributed by atoms with Gasteiger partial charge >= 0.3 is 6.03 Å². The van der Waals surface area contributed by atoms with Gasteiger partial charge in [0.25, 0.3) is 0 Å². The minimum atomic E-state index is -0.476. The lowest BCUT2D eigenvalue weighted by Gasteiger charge is -2.34. The second kappa shape index (κ2) is 7.30. The molecule has 2 atom stereocenters. The molecule has 0 bridgehead atoms. The Bertz CT molecular complexity index is 296. The minimum Gasteiger partial charge on any atom is -0.374 e. The van der Waals surface area contributed by atoms with E-state index in [-0.39, 0.29) is 18.1 Å². The van der Waals surface area contributed by atoms with Gasteiger partial charge in [-0.3, -0.25) is 15.0 Å². The number of imide groups is 1. The molecule has 1 heterocycles. The quantitative estimate of drug-likeness (QED) is 0.593. The molecule has 2 unspecified atom stereocenters. The molecule has 18 heavy (non-hydrogen) atoms. The molecule has 7 heteroatoms. The van der Waals surface area contributed by atoms with Crippen molar-refractivity contribution in [1.82, 2.24) is 15.5 Å². The van der Waals surface area contributed by atoms with Crippen LogP contribution in [0.3, 0.4) is 0 Å². The average Bonchev–Trinajstić information content (AvgIpc) is 2.36. The number of ether oxygens (including phenoxy) is 1. The molecule has 1 aliphatic heterocycles. The Morgan fingerprint density at radius 2 is 2.28 bits per heavy atom. The Kier molecular flexibility index (Phi) is 6.03. The van der Waals surface area contributed by atoms with E-state index in [4.69, 9.17) is 10.5 Å². The molecule has 104 valence electrons. The van der Waals surface area contributed by atoms with Gasteiger partial charge in [-0.05, 0) is 6.92 Å². The molecule has 1 rings (SSSR count). The van der Waals surface area contributed by atoms with Crippen molar-refractivity contribution in [1.29, 1.82) is 0 Å². The number of hydrogen-bond donors (Lipinski definition) is 3. The first-order valence-electron chi connectivity index (χ1n) is 6.14. The SMILES string of the molecule is CNC(=O)NC(=O)CCN1CCOC(C(C)N)C1. The summed E-state index contributed by atoms with van der Waals surface area (Å²) in [7, 11) is 1.47. The molecule has 4 N–H and O–H groups in total. The molecule has 0 aromatic carbocycles. The summed E-state index contributed by atoms with van der Waals surface area (Å²) in [4.78, 5) is 24.5. The maximum absolute atomic E-state index is 11.4. The number of nitrogens with one attached hydrogen (secondary N) is 2. The zero-order chi connectivity index (χ0) is 13.5. The summed E-state index contributed by atoms with van der Waals surface area (Å²) in [5.74, 6) is -0.279. The van der Waals surface area contributed by atoms with Crippen molar-refractivity contribution < 1.29 is 14.3 Å². The Balaban J connectivity index is 2.26. The smallest absolute Gasteiger partial charge is 0.321 e. The van der Waals surface area contributed by atoms with E-state index in [0.717, 1.165) is 13.1 Å². The molecule has 1 fully saturated rings. The first-order valence-corrected chi connectivity index (χ1v) is 6.14. The van der Waals surface area contributed by atoms with Crippen molar-refractivity contribution in [2.75, 3.05) is 33.3 Å². The molecule has 0 aliphatic carbocycles. The second-order valence-electron chi connectivity index (χ2n) is 4.45. The van der Waals surface area contributed by atoms with Crippen LogP contribution in [0.4, 0.5) is 4.79 Å². The summed E-state index contributed by atoms with van der Waals surface area (Å²) in [6.45, 7) is 4.66. The van der Waals surface area contributed by atoms with Crippen LogP contribution >= 0.6 is 0 Å². The maximum atomic E-state index is 11.4. The van der Waals surface area contributed by atoms with E-state index in [1.54, 1.807) is 0 Å². The fourth-order valence-corrected chi connectivity index (χ4v) is 1.76. The largest absolute Gasteiger partial charge is 0.374 e. The lowest BCUT2D eigenvalue weighted by Crippen LogP contribution is -2.50. The van der Waals surface area contributed by atoms with Gasteiger partial charge in [-0.15, -0.1) is 0 Å². The average molecular weight is 258 g/mol. The summed E-state index contributed by atoms with van der Waals surface area (Å²) in [5.41, 5.74) is 5.79. The van der Waals surface area contributed by atoms with Gasteiger partial charge in [0.1, 0.15) is 0 Å². The van der Waals surface area contributed by atoms with E-state index in [9.17, 15) is 9.59 Å². The summed E-state index contributed by atoms with van der Waals surface area (Å²) >= 11 is 0. The number of nitrogens with two attached hydrogens (primary N) is 1. The topological polar surface area (TPSA) is 96.7 Å². The zero-order valence-corrected chi connectivity index (χ0v) is 10.9. The lowest BCUT2D eigenvalue weighted by molar-refractivity contribution is -0.120. The van der Waals surface area contributed by atoms with E-state index in [1.165, 1.54) is 7.05 Å². The third kappa shape index (κ3) is 4.99. The van der Waals surface area contributed by atoms with Gasteiger partial charge in [-0.25, -0.2) is 4.79 Å². The summed E-state index contributed by atoms with van der Waals surface area (Å²) in [6.07, 6.45) is 0.305. The standard InChI is InChI=1S/C11H22N4O3/c1-8(12)9-7-15(5-6-18-9)4-3-10(16)14-11(17)13-2/h8-9H,3-7,12H2,1-2H3,(H2,13,14,16,17). The van der Waals surface area contributed by atoms with Gasteiger partial charge in [0.15, 0.2) is 0 Å². The Morgan fingerprint density at radius 3 is 2.89 bits per heavy atom. The van der Waals surface area contributed by atoms with Gasteiger partial charge in [0, 0.05) is 39.1 Å². The summed E-state index contributed by atoms with van der Waals surface area (Å²) < 4.78 is 5.53. The Hall–Kier alpha value is -1.18. The van der Waals surface area contributed by atoms with Crippen LogP contribution in [0.1, 0.15) is 13.3 Å². The first kappa shape index (κ1) is 14.9. The van der Waals surface area contributed by atoms with Crippen LogP contribution in [-0.2, 0) is 9.53 Å². The molecular formula is C11H22N4O3. The molecule has 0 aromatic heterocycles. The number of carbonyl (C=O) groups excluding carboxylic acids is 2. The highest BCUT2D eigenvalue weighted by Crippen LogP contribution is 2.07. The Labute approximate surface area is 107 Å². The summed E-state index contributed by atoms with van der Waals surface area (Å²) in [6, 6.07) is -0.497. The Morgan fingerprint density at radius 1 is 1.56 bits per heavy atom. The molecule has 1 aliphatic rings. The molecule has 0 spiro atoms. The van der Waals surface area contributed by atoms with Crippen LogP contribution in [0.15, 0.2) is 0 Å². The number of nitrogens with zero attached hydrogens (tertiary/aromatic N) is 1. The van der Waals surface area contributed by atoms with Crippen molar-refractivity contribution in [3.63, 3.8) is 0 Å². The van der Waals surface area contributed by atoms with Crippen molar-refractivity contribution in [2.45, 2.75) is 25.5 Å². The predicted octanol–water partition coefficient (Wildman–Crippen LogP) is -1.12. The fraction of sp³-hybridized carbons (Fsp3) is 0.818. The van der Waals surface area contributed by atoms with Crippen molar-refractivity contribution >= 4 is 11.9 Å². The van der Waals surface area contributed by atoms with Crippen LogP contribution < -0.4 is 16.4 Å². The van der Waals surface area contributed by atoms with E-state index in [1.807, 2.05) is 6.92 Å². The number of rotatable bonds is 4. The molecule has 1 saturated heterocycles. The minimum absolute atomic E-state index is 0.0146. The molecular weight excluding hydrogens is 236 g/mol. The number of carbonyl (C=O) groups is 2. The van der Waals surface area contributed by atoms with Crippen LogP contribution in [0.2, 0.25) is 0 Å². The van der Waals surface area contributed by atoms with Crippen LogP contribution in [0.25, 0.3) is 0 Å². The van der Waals surface area contributed by atoms with Crippen LogP contribution in [0.5, 0.6) is 0 Å². The van der Waals surface area contributed by atoms with Gasteiger partial charge in [0.05, 0.1) is 12.7 Å². The molecule has 0 radical (unpaired) electrons. The third-order valence-electron chi connectivity index (χ3n) is 2.90. The van der Waals surface area contributed by atoms with E-state index in [2.05, 4.69) is 15.5 Å². The first-order chi connectivity index (χ1) is 8.52. The zero-order valence-electron chi connectivity index (χ0n) is 10.9. The van der Waals surface area contributed by atoms with Crippen molar-refractivity contribution in [3.8, 4) is 0 Å². The van der Waals surface area contributed by atoms with E-state index < -0.39 is 6.03 Å². The van der Waals surface area contributed by atoms with Crippen LogP contribution in [0, 0.1) is 0 Å². The highest BCUT2D eigenvalue weighted by Gasteiger charge is 2.23. The predicted molar refractivity (Wildman–Crippen MR) is 67.0 cm³/mol. The highest BCUT2D eigenvalue weighted by atomic mass is 16.5. The molecule has 0 saturated carbocycles. The third-order valence-corrected chi connectivity index (χ3v) is 2.90. The maximum Gasteiger partial charge on any atom is 0.321 e. The van der Waals surface area contributed by atoms with Gasteiger partial charge in [0.2, 0.25) is 5.91 Å². The molecule has 7 nitrogen and oxygen atoms in total. The number of urea groups is 1. The number of morpholine rings is 1. The van der Waals surface area contributed by atoms with Gasteiger partial charge in [-0.2, -0.15) is 0 Å². The van der Waals surface area contributed by atoms with Crippen molar-refractivity contribution in [2.24, 2.45) is 5.73 Å². The molecule has 0 aromatic rings.